The number of carbonyl (C=O) groups excluding carboxylic acids is 2. The Balaban J connectivity index is 1.31. The molecular weight excluding hydrogens is 356 g/mol. The molecule has 2 aliphatic rings. The molecule has 2 aromatic rings. The number of aryl methyl sites for hydroxylation is 1. The molecule has 2 aliphatic heterocycles. The van der Waals surface area contributed by atoms with E-state index < -0.39 is 0 Å². The quantitative estimate of drug-likeness (QED) is 0.817. The Kier molecular flexibility index (Phi) is 5.34. The van der Waals surface area contributed by atoms with Gasteiger partial charge in [-0.3, -0.25) is 14.5 Å². The summed E-state index contributed by atoms with van der Waals surface area (Å²) in [5.74, 6) is -0.180. The van der Waals surface area contributed by atoms with Crippen molar-refractivity contribution in [1.29, 1.82) is 0 Å². The summed E-state index contributed by atoms with van der Waals surface area (Å²) in [5, 5.41) is 11.4. The Morgan fingerprint density at radius 3 is 2.43 bits per heavy atom. The van der Waals surface area contributed by atoms with Gasteiger partial charge in [0.2, 0.25) is 0 Å². The van der Waals surface area contributed by atoms with Crippen LogP contribution in [0.15, 0.2) is 36.4 Å². The number of cyclic esters (lactones) is 1. The number of hydrogen-bond donors (Lipinski definition) is 1. The number of rotatable bonds is 4. The van der Waals surface area contributed by atoms with Gasteiger partial charge in [-0.25, -0.2) is 0 Å². The largest absolute Gasteiger partial charge is 0.464 e. The van der Waals surface area contributed by atoms with Gasteiger partial charge in [-0.1, -0.05) is 12.1 Å². The zero-order chi connectivity index (χ0) is 19.5. The van der Waals surface area contributed by atoms with Crippen LogP contribution in [0.1, 0.15) is 35.3 Å². The van der Waals surface area contributed by atoms with Crippen LogP contribution in [0.25, 0.3) is 11.3 Å². The lowest BCUT2D eigenvalue weighted by atomic mass is 10.0. The second kappa shape index (κ2) is 8.06. The SMILES string of the molecule is Cc1ccc(-c2ccc(C(=O)NC3CCN(C4CCOC4=O)CC3)cc2)nn1. The van der Waals surface area contributed by atoms with Gasteiger partial charge in [0.25, 0.3) is 5.91 Å². The summed E-state index contributed by atoms with van der Waals surface area (Å²) in [6.45, 7) is 4.02. The first kappa shape index (κ1) is 18.6. The maximum Gasteiger partial charge on any atom is 0.323 e. The van der Waals surface area contributed by atoms with Crippen LogP contribution in [0, 0.1) is 6.92 Å². The molecule has 146 valence electrons. The molecule has 1 amide bonds. The van der Waals surface area contributed by atoms with E-state index in [1.807, 2.05) is 43.3 Å². The first-order valence-corrected chi connectivity index (χ1v) is 9.72. The number of nitrogens with one attached hydrogen (secondary N) is 1. The monoisotopic (exact) mass is 380 g/mol. The van der Waals surface area contributed by atoms with Crippen LogP contribution < -0.4 is 5.32 Å². The van der Waals surface area contributed by atoms with E-state index in [1.165, 1.54) is 0 Å². The standard InChI is InChI=1S/C21H24N4O3/c1-14-2-7-18(24-23-14)15-3-5-16(6-4-15)20(26)22-17-8-11-25(12-9-17)19-10-13-28-21(19)27/h2-7,17,19H,8-13H2,1H3,(H,22,26). The zero-order valence-corrected chi connectivity index (χ0v) is 15.9. The van der Waals surface area contributed by atoms with E-state index in [0.717, 1.165) is 49.3 Å². The van der Waals surface area contributed by atoms with Gasteiger partial charge in [0, 0.05) is 36.7 Å². The van der Waals surface area contributed by atoms with E-state index in [9.17, 15) is 9.59 Å². The molecule has 7 heteroatoms. The van der Waals surface area contributed by atoms with Crippen LogP contribution in [0.4, 0.5) is 0 Å². The number of hydrogen-bond acceptors (Lipinski definition) is 6. The normalized spacial score (nSPS) is 20.8. The van der Waals surface area contributed by atoms with Crippen LogP contribution in [-0.2, 0) is 9.53 Å². The van der Waals surface area contributed by atoms with Gasteiger partial charge < -0.3 is 10.1 Å². The summed E-state index contributed by atoms with van der Waals surface area (Å²) < 4.78 is 5.06. The number of ether oxygens (including phenoxy) is 1. The summed E-state index contributed by atoms with van der Waals surface area (Å²) >= 11 is 0. The number of piperidine rings is 1. The number of esters is 1. The molecule has 4 rings (SSSR count). The molecule has 0 radical (unpaired) electrons. The Bertz CT molecular complexity index is 843. The van der Waals surface area contributed by atoms with Crippen molar-refractivity contribution in [1.82, 2.24) is 20.4 Å². The molecule has 7 nitrogen and oxygen atoms in total. The lowest BCUT2D eigenvalue weighted by Gasteiger charge is -2.34. The van der Waals surface area contributed by atoms with Crippen molar-refractivity contribution in [2.45, 2.75) is 38.3 Å². The average Bonchev–Trinajstić information content (AvgIpc) is 3.15. The van der Waals surface area contributed by atoms with E-state index in [1.54, 1.807) is 0 Å². The molecule has 0 bridgehead atoms. The van der Waals surface area contributed by atoms with Gasteiger partial charge in [-0.2, -0.15) is 10.2 Å². The minimum absolute atomic E-state index is 0.0692. The topological polar surface area (TPSA) is 84.4 Å². The summed E-state index contributed by atoms with van der Waals surface area (Å²) in [6, 6.07) is 11.3. The zero-order valence-electron chi connectivity index (χ0n) is 15.9. The molecule has 1 aromatic carbocycles. The van der Waals surface area contributed by atoms with Gasteiger partial charge in [-0.05, 0) is 44.0 Å². The summed E-state index contributed by atoms with van der Waals surface area (Å²) in [6.07, 6.45) is 2.45. The van der Waals surface area contributed by atoms with Crippen LogP contribution in [0.2, 0.25) is 0 Å². The maximum absolute atomic E-state index is 12.6. The Labute approximate surface area is 164 Å². The summed E-state index contributed by atoms with van der Waals surface area (Å²) in [5.41, 5.74) is 3.22. The lowest BCUT2D eigenvalue weighted by Crippen LogP contribution is -2.49. The van der Waals surface area contributed by atoms with Crippen LogP contribution >= 0.6 is 0 Å². The van der Waals surface area contributed by atoms with Gasteiger partial charge in [0.15, 0.2) is 0 Å². The highest BCUT2D eigenvalue weighted by atomic mass is 16.5. The summed E-state index contributed by atoms with van der Waals surface area (Å²) in [7, 11) is 0. The van der Waals surface area contributed by atoms with Crippen molar-refractivity contribution in [2.75, 3.05) is 19.7 Å². The second-order valence-corrected chi connectivity index (χ2v) is 7.39. The molecule has 2 fully saturated rings. The minimum atomic E-state index is -0.110. The third-order valence-corrected chi connectivity index (χ3v) is 5.45. The lowest BCUT2D eigenvalue weighted by molar-refractivity contribution is -0.142. The molecule has 28 heavy (non-hydrogen) atoms. The maximum atomic E-state index is 12.6. The molecule has 1 unspecified atom stereocenters. The van der Waals surface area contributed by atoms with E-state index in [2.05, 4.69) is 20.4 Å². The first-order chi connectivity index (χ1) is 13.6. The van der Waals surface area contributed by atoms with E-state index in [-0.39, 0.29) is 24.0 Å². The predicted molar refractivity (Wildman–Crippen MR) is 104 cm³/mol. The molecule has 2 saturated heterocycles. The van der Waals surface area contributed by atoms with Crippen molar-refractivity contribution >= 4 is 11.9 Å². The molecule has 3 heterocycles. The average molecular weight is 380 g/mol. The van der Waals surface area contributed by atoms with Gasteiger partial charge in [0.1, 0.15) is 6.04 Å². The van der Waals surface area contributed by atoms with Crippen molar-refractivity contribution in [3.63, 3.8) is 0 Å². The number of benzene rings is 1. The number of amides is 1. The third kappa shape index (κ3) is 4.04. The van der Waals surface area contributed by atoms with Crippen LogP contribution in [0.5, 0.6) is 0 Å². The van der Waals surface area contributed by atoms with Crippen LogP contribution in [-0.4, -0.2) is 58.8 Å². The minimum Gasteiger partial charge on any atom is -0.464 e. The highest BCUT2D eigenvalue weighted by molar-refractivity contribution is 5.94. The molecular formula is C21H24N4O3. The molecule has 1 aromatic heterocycles. The molecule has 0 saturated carbocycles. The Hall–Kier alpha value is -2.80. The fourth-order valence-electron chi connectivity index (χ4n) is 3.79. The molecule has 1 N–H and O–H groups in total. The highest BCUT2D eigenvalue weighted by Gasteiger charge is 2.34. The van der Waals surface area contributed by atoms with Gasteiger partial charge in [-0.15, -0.1) is 0 Å². The number of aromatic nitrogens is 2. The highest BCUT2D eigenvalue weighted by Crippen LogP contribution is 2.21. The number of likely N-dealkylation sites (tertiary alicyclic amines) is 1. The Morgan fingerprint density at radius 1 is 1.07 bits per heavy atom. The van der Waals surface area contributed by atoms with E-state index in [0.29, 0.717) is 12.2 Å². The van der Waals surface area contributed by atoms with Crippen molar-refractivity contribution in [2.24, 2.45) is 0 Å². The molecule has 1 atom stereocenters. The van der Waals surface area contributed by atoms with Crippen molar-refractivity contribution in [3.05, 3.63) is 47.7 Å². The Morgan fingerprint density at radius 2 is 1.82 bits per heavy atom. The fraction of sp³-hybridized carbons (Fsp3) is 0.429. The van der Waals surface area contributed by atoms with Gasteiger partial charge in [0.05, 0.1) is 18.0 Å². The number of carbonyl (C=O) groups is 2. The number of nitrogens with zero attached hydrogens (tertiary/aromatic N) is 3. The third-order valence-electron chi connectivity index (χ3n) is 5.45. The van der Waals surface area contributed by atoms with Gasteiger partial charge >= 0.3 is 5.97 Å². The van der Waals surface area contributed by atoms with E-state index >= 15 is 0 Å². The first-order valence-electron chi connectivity index (χ1n) is 9.72. The molecule has 0 aliphatic carbocycles. The predicted octanol–water partition coefficient (Wildman–Crippen LogP) is 1.96. The fourth-order valence-corrected chi connectivity index (χ4v) is 3.79. The van der Waals surface area contributed by atoms with Crippen molar-refractivity contribution < 1.29 is 14.3 Å². The second-order valence-electron chi connectivity index (χ2n) is 7.39. The summed E-state index contributed by atoms with van der Waals surface area (Å²) in [4.78, 5) is 26.5. The van der Waals surface area contributed by atoms with Crippen LogP contribution in [0.3, 0.4) is 0 Å². The van der Waals surface area contributed by atoms with Crippen molar-refractivity contribution in [3.8, 4) is 11.3 Å². The molecule has 0 spiro atoms. The van der Waals surface area contributed by atoms with E-state index in [4.69, 9.17) is 4.74 Å². The smallest absolute Gasteiger partial charge is 0.323 e.